The van der Waals surface area contributed by atoms with Crippen LogP contribution < -0.4 is 14.8 Å². The summed E-state index contributed by atoms with van der Waals surface area (Å²) in [4.78, 5) is 21.4. The van der Waals surface area contributed by atoms with Crippen LogP contribution in [-0.4, -0.2) is 26.4 Å². The molecule has 0 aromatic heterocycles. The molecule has 2 rings (SSSR count). The number of hydrogen-bond donors (Lipinski definition) is 2. The third-order valence-electron chi connectivity index (χ3n) is 3.87. The van der Waals surface area contributed by atoms with E-state index in [1.54, 1.807) is 19.9 Å². The number of aryl methyl sites for hydroxylation is 1. The van der Waals surface area contributed by atoms with Gasteiger partial charge in [0.15, 0.2) is 0 Å². The number of carbonyl (C=O) groups excluding carboxylic acids is 1. The third-order valence-corrected chi connectivity index (χ3v) is 5.36. The molecule has 1 amide bonds. The number of methoxy groups -OCH3 is 1. The van der Waals surface area contributed by atoms with Crippen molar-refractivity contribution in [3.8, 4) is 5.75 Å². The van der Waals surface area contributed by atoms with E-state index in [0.29, 0.717) is 16.8 Å². The van der Waals surface area contributed by atoms with Gasteiger partial charge in [0.2, 0.25) is 5.91 Å². The van der Waals surface area contributed by atoms with Gasteiger partial charge < -0.3 is 10.1 Å². The summed E-state index contributed by atoms with van der Waals surface area (Å²) < 4.78 is 33.3. The SMILES string of the molecule is COc1ccc(NC(C)=O)cc1NS(=O)(=O)c1cc([N+](=O)[O-])cc(C)c1C. The zero-order valence-electron chi connectivity index (χ0n) is 15.2. The molecule has 0 saturated heterocycles. The topological polar surface area (TPSA) is 128 Å². The molecule has 9 nitrogen and oxygen atoms in total. The number of anilines is 2. The molecule has 0 aliphatic carbocycles. The number of benzene rings is 2. The standard InChI is InChI=1S/C17H19N3O6S/c1-10-7-14(20(22)23)9-17(11(10)2)27(24,25)19-15-8-13(18-12(3)21)5-6-16(15)26-4/h5-9,19H,1-4H3,(H,18,21). The van der Waals surface area contributed by atoms with Gasteiger partial charge >= 0.3 is 0 Å². The minimum Gasteiger partial charge on any atom is -0.495 e. The zero-order valence-corrected chi connectivity index (χ0v) is 16.0. The Balaban J connectivity index is 2.53. The fourth-order valence-corrected chi connectivity index (χ4v) is 3.86. The van der Waals surface area contributed by atoms with Crippen LogP contribution in [-0.2, 0) is 14.8 Å². The van der Waals surface area contributed by atoms with E-state index in [0.717, 1.165) is 6.07 Å². The normalized spacial score (nSPS) is 11.0. The molecule has 0 aliphatic heterocycles. The second kappa shape index (κ2) is 7.62. The molecule has 0 bridgehead atoms. The molecule has 0 aliphatic rings. The molecule has 0 atom stereocenters. The highest BCUT2D eigenvalue weighted by Crippen LogP contribution is 2.32. The number of nitro groups is 1. The minimum absolute atomic E-state index is 0.0901. The molecule has 2 N–H and O–H groups in total. The Kier molecular flexibility index (Phi) is 5.69. The molecule has 10 heteroatoms. The summed E-state index contributed by atoms with van der Waals surface area (Å²) in [6, 6.07) is 6.77. The Morgan fingerprint density at radius 3 is 2.41 bits per heavy atom. The monoisotopic (exact) mass is 393 g/mol. The fourth-order valence-electron chi connectivity index (χ4n) is 2.46. The Labute approximate surface area is 156 Å². The van der Waals surface area contributed by atoms with E-state index in [-0.39, 0.29) is 27.9 Å². The summed E-state index contributed by atoms with van der Waals surface area (Å²) in [6.07, 6.45) is 0. The zero-order chi connectivity index (χ0) is 20.4. The van der Waals surface area contributed by atoms with Crippen LogP contribution in [0.1, 0.15) is 18.1 Å². The number of nitrogens with one attached hydrogen (secondary N) is 2. The number of hydrogen-bond acceptors (Lipinski definition) is 6. The molecule has 144 valence electrons. The second-order valence-electron chi connectivity index (χ2n) is 5.84. The minimum atomic E-state index is -4.15. The van der Waals surface area contributed by atoms with Gasteiger partial charge in [-0.2, -0.15) is 0 Å². The lowest BCUT2D eigenvalue weighted by Gasteiger charge is -2.15. The summed E-state index contributed by atoms with van der Waals surface area (Å²) in [6.45, 7) is 4.49. The van der Waals surface area contributed by atoms with Crippen molar-refractivity contribution in [3.05, 3.63) is 51.6 Å². The molecular weight excluding hydrogens is 374 g/mol. The largest absolute Gasteiger partial charge is 0.495 e. The van der Waals surface area contributed by atoms with Gasteiger partial charge in [0.1, 0.15) is 5.75 Å². The molecular formula is C17H19N3O6S. The second-order valence-corrected chi connectivity index (χ2v) is 7.50. The first-order valence-electron chi connectivity index (χ1n) is 7.79. The van der Waals surface area contributed by atoms with Crippen molar-refractivity contribution in [2.75, 3.05) is 17.1 Å². The molecule has 27 heavy (non-hydrogen) atoms. The van der Waals surface area contributed by atoms with Gasteiger partial charge in [-0.1, -0.05) is 0 Å². The van der Waals surface area contributed by atoms with E-state index in [1.807, 2.05) is 0 Å². The number of amides is 1. The number of non-ortho nitro benzene ring substituents is 1. The maximum Gasteiger partial charge on any atom is 0.271 e. The van der Waals surface area contributed by atoms with E-state index >= 15 is 0 Å². The number of nitro benzene ring substituents is 1. The maximum atomic E-state index is 12.9. The van der Waals surface area contributed by atoms with Crippen molar-refractivity contribution < 1.29 is 22.9 Å². The average molecular weight is 393 g/mol. The fraction of sp³-hybridized carbons (Fsp3) is 0.235. The summed E-state index contributed by atoms with van der Waals surface area (Å²) in [5.74, 6) is -0.0911. The molecule has 0 heterocycles. The number of rotatable bonds is 6. The van der Waals surface area contributed by atoms with E-state index < -0.39 is 14.9 Å². The van der Waals surface area contributed by atoms with Gasteiger partial charge in [-0.25, -0.2) is 8.42 Å². The van der Waals surface area contributed by atoms with E-state index in [2.05, 4.69) is 10.0 Å². The van der Waals surface area contributed by atoms with Crippen LogP contribution in [0.25, 0.3) is 0 Å². The van der Waals surface area contributed by atoms with Gasteiger partial charge in [0.05, 0.1) is 22.6 Å². The molecule has 2 aromatic carbocycles. The highest BCUT2D eigenvalue weighted by molar-refractivity contribution is 7.92. The highest BCUT2D eigenvalue weighted by atomic mass is 32.2. The van der Waals surface area contributed by atoms with Crippen LogP contribution in [0.4, 0.5) is 17.1 Å². The Hall–Kier alpha value is -3.14. The van der Waals surface area contributed by atoms with Crippen molar-refractivity contribution in [1.29, 1.82) is 0 Å². The summed E-state index contributed by atoms with van der Waals surface area (Å²) in [7, 11) is -2.78. The molecule has 2 aromatic rings. The molecule has 0 radical (unpaired) electrons. The average Bonchev–Trinajstić information content (AvgIpc) is 2.56. The molecule has 0 spiro atoms. The van der Waals surface area contributed by atoms with Crippen LogP contribution in [0.2, 0.25) is 0 Å². The van der Waals surface area contributed by atoms with E-state index in [9.17, 15) is 23.3 Å². The van der Waals surface area contributed by atoms with Gasteiger partial charge in [-0.3, -0.25) is 19.6 Å². The van der Waals surface area contributed by atoms with Crippen LogP contribution in [0.3, 0.4) is 0 Å². The Morgan fingerprint density at radius 1 is 1.19 bits per heavy atom. The molecule has 0 fully saturated rings. The van der Waals surface area contributed by atoms with Gasteiger partial charge in [0.25, 0.3) is 15.7 Å². The van der Waals surface area contributed by atoms with Gasteiger partial charge in [-0.05, 0) is 43.2 Å². The lowest BCUT2D eigenvalue weighted by Crippen LogP contribution is -2.16. The van der Waals surface area contributed by atoms with Crippen molar-refractivity contribution in [2.45, 2.75) is 25.7 Å². The highest BCUT2D eigenvalue weighted by Gasteiger charge is 2.24. The van der Waals surface area contributed by atoms with Crippen molar-refractivity contribution in [3.63, 3.8) is 0 Å². The van der Waals surface area contributed by atoms with E-state index in [4.69, 9.17) is 4.74 Å². The van der Waals surface area contributed by atoms with Crippen LogP contribution >= 0.6 is 0 Å². The molecule has 0 unspecified atom stereocenters. The summed E-state index contributed by atoms with van der Waals surface area (Å²) in [5.41, 5.74) is 1.01. The summed E-state index contributed by atoms with van der Waals surface area (Å²) in [5, 5.41) is 13.6. The quantitative estimate of drug-likeness (QED) is 0.574. The first-order chi connectivity index (χ1) is 12.5. The van der Waals surface area contributed by atoms with Crippen LogP contribution in [0, 0.1) is 24.0 Å². The van der Waals surface area contributed by atoms with Gasteiger partial charge in [-0.15, -0.1) is 0 Å². The predicted octanol–water partition coefficient (Wildman–Crippen LogP) is 2.98. The van der Waals surface area contributed by atoms with Crippen LogP contribution in [0.15, 0.2) is 35.2 Å². The first-order valence-corrected chi connectivity index (χ1v) is 9.27. The smallest absolute Gasteiger partial charge is 0.271 e. The Morgan fingerprint density at radius 2 is 1.85 bits per heavy atom. The summed E-state index contributed by atoms with van der Waals surface area (Å²) >= 11 is 0. The van der Waals surface area contributed by atoms with Crippen LogP contribution in [0.5, 0.6) is 5.75 Å². The predicted molar refractivity (Wildman–Crippen MR) is 101 cm³/mol. The number of sulfonamides is 1. The number of ether oxygens (including phenoxy) is 1. The lowest BCUT2D eigenvalue weighted by atomic mass is 10.1. The van der Waals surface area contributed by atoms with Crippen molar-refractivity contribution in [2.24, 2.45) is 0 Å². The third kappa shape index (κ3) is 4.53. The van der Waals surface area contributed by atoms with Gasteiger partial charge in [0, 0.05) is 24.7 Å². The van der Waals surface area contributed by atoms with Crippen molar-refractivity contribution in [1.82, 2.24) is 0 Å². The Bertz CT molecular complexity index is 1020. The lowest BCUT2D eigenvalue weighted by molar-refractivity contribution is -0.385. The maximum absolute atomic E-state index is 12.9. The first kappa shape index (κ1) is 20.2. The van der Waals surface area contributed by atoms with E-state index in [1.165, 1.54) is 32.2 Å². The number of nitrogens with zero attached hydrogens (tertiary/aromatic N) is 1. The van der Waals surface area contributed by atoms with Crippen molar-refractivity contribution >= 4 is 33.0 Å². The molecule has 0 saturated carbocycles. The number of carbonyl (C=O) groups is 1.